The molecule has 2 atom stereocenters. The summed E-state index contributed by atoms with van der Waals surface area (Å²) >= 11 is 2.23. The number of aliphatic carboxylic acids is 1. The molecule has 3 aromatic heterocycles. The molecule has 2 aliphatic heterocycles. The van der Waals surface area contributed by atoms with E-state index in [1.807, 2.05) is 36.1 Å². The van der Waals surface area contributed by atoms with Gasteiger partial charge >= 0.3 is 5.65 Å². The number of carboxylic acids is 1. The van der Waals surface area contributed by atoms with E-state index in [-0.39, 0.29) is 34.2 Å². The lowest BCUT2D eigenvalue weighted by molar-refractivity contribution is -0.644. The Bertz CT molecular complexity index is 1640. The number of carbonyl (C=O) groups excluding carboxylic acids is 3. The van der Waals surface area contributed by atoms with Crippen molar-refractivity contribution in [2.45, 2.75) is 43.2 Å². The number of allylic oxidation sites excluding steroid dienone is 1. The molecule has 0 aromatic carbocycles. The summed E-state index contributed by atoms with van der Waals surface area (Å²) in [4.78, 5) is 49.3. The molecule has 3 N–H and O–H groups in total. The molecule has 14 nitrogen and oxygen atoms in total. The van der Waals surface area contributed by atoms with Crippen LogP contribution in [0.4, 0.5) is 5.13 Å². The molecular weight excluding hydrogens is 570 g/mol. The quantitative estimate of drug-likeness (QED) is 0.147. The lowest BCUT2D eigenvalue weighted by atomic mass is 10.0. The number of nitrogens with one attached hydrogen (secondary N) is 1. The average Bonchev–Trinajstić information content (AvgIpc) is 3.72. The summed E-state index contributed by atoms with van der Waals surface area (Å²) in [5.41, 5.74) is 7.17. The molecule has 1 saturated heterocycles. The number of nitrogens with zero attached hydrogens (tertiary/aromatic N) is 7. The van der Waals surface area contributed by atoms with Crippen LogP contribution in [0, 0.1) is 0 Å². The average molecular weight is 596 g/mol. The number of hydrogen-bond donors (Lipinski definition) is 2. The maximum Gasteiger partial charge on any atom is 0.306 e. The monoisotopic (exact) mass is 595 g/mol. The topological polar surface area (TPSA) is 184 Å². The van der Waals surface area contributed by atoms with Gasteiger partial charge in [0.1, 0.15) is 29.4 Å². The van der Waals surface area contributed by atoms with Crippen molar-refractivity contribution in [3.8, 4) is 0 Å². The number of carboxylic acid groups (broad SMARTS) is 1. The first-order valence-corrected chi connectivity index (χ1v) is 14.7. The van der Waals surface area contributed by atoms with Crippen molar-refractivity contribution in [3.63, 3.8) is 0 Å². The Balaban J connectivity index is 1.20. The van der Waals surface area contributed by atoms with Crippen LogP contribution in [0.15, 0.2) is 47.0 Å². The van der Waals surface area contributed by atoms with E-state index in [1.54, 1.807) is 16.7 Å². The fourth-order valence-corrected chi connectivity index (χ4v) is 6.71. The number of nitrogens with two attached hydrogens (primary N) is 1. The van der Waals surface area contributed by atoms with Gasteiger partial charge in [-0.05, 0) is 43.4 Å². The number of fused-ring (bicyclic) bond motifs is 2. The SMILES string of the molecule is C[n+]1ccn2nc(/C=C/C3=C(C(=O)[O-])N4C(=O)[C@@H](NC(=O)/C(=N\OC5CCCC5)c5nsc(N)n5)[C@H]4SC3)ccc21. The molecule has 6 rings (SSSR count). The van der Waals surface area contributed by atoms with Gasteiger partial charge in [0.05, 0.1) is 18.7 Å². The van der Waals surface area contributed by atoms with E-state index in [0.29, 0.717) is 11.3 Å². The highest BCUT2D eigenvalue weighted by molar-refractivity contribution is 8.00. The number of carbonyl (C=O) groups is 3. The molecule has 2 amide bonds. The van der Waals surface area contributed by atoms with Crippen molar-refractivity contribution in [1.29, 1.82) is 0 Å². The number of thioether (sulfide) groups is 1. The molecule has 16 heteroatoms. The van der Waals surface area contributed by atoms with Crippen LogP contribution in [0.5, 0.6) is 0 Å². The minimum atomic E-state index is -1.48. The Labute approximate surface area is 241 Å². The highest BCUT2D eigenvalue weighted by Gasteiger charge is 2.53. The third-order valence-electron chi connectivity index (χ3n) is 7.05. The molecule has 1 aliphatic carbocycles. The maximum absolute atomic E-state index is 13.2. The second-order valence-electron chi connectivity index (χ2n) is 9.73. The second-order valence-corrected chi connectivity index (χ2v) is 11.6. The van der Waals surface area contributed by atoms with Crippen molar-refractivity contribution in [1.82, 2.24) is 29.2 Å². The first-order valence-electron chi connectivity index (χ1n) is 12.9. The molecule has 1 saturated carbocycles. The molecule has 212 valence electrons. The number of oxime groups is 1. The Kier molecular flexibility index (Phi) is 7.17. The third-order valence-corrected chi connectivity index (χ3v) is 8.90. The van der Waals surface area contributed by atoms with Crippen molar-refractivity contribution < 1.29 is 28.9 Å². The molecule has 0 radical (unpaired) electrons. The van der Waals surface area contributed by atoms with Crippen molar-refractivity contribution >= 4 is 63.6 Å². The van der Waals surface area contributed by atoms with Crippen LogP contribution in [-0.2, 0) is 26.3 Å². The van der Waals surface area contributed by atoms with Crippen molar-refractivity contribution in [3.05, 3.63) is 53.4 Å². The van der Waals surface area contributed by atoms with Gasteiger partial charge in [0.15, 0.2) is 11.3 Å². The van der Waals surface area contributed by atoms with Gasteiger partial charge in [-0.25, -0.2) is 4.57 Å². The summed E-state index contributed by atoms with van der Waals surface area (Å²) in [6, 6.07) is 2.72. The minimum absolute atomic E-state index is 0.00821. The first kappa shape index (κ1) is 26.9. The fourth-order valence-electron chi connectivity index (χ4n) is 4.95. The molecule has 3 aliphatic rings. The number of nitrogen functional groups attached to an aromatic ring is 1. The van der Waals surface area contributed by atoms with Gasteiger partial charge in [-0.2, -0.15) is 9.36 Å². The van der Waals surface area contributed by atoms with Crippen molar-refractivity contribution in [2.24, 2.45) is 12.2 Å². The number of β-lactam (4-membered cyclic amide) rings is 1. The number of rotatable bonds is 8. The summed E-state index contributed by atoms with van der Waals surface area (Å²) < 4.78 is 7.69. The van der Waals surface area contributed by atoms with E-state index in [0.717, 1.165) is 47.8 Å². The third kappa shape index (κ3) is 5.15. The van der Waals surface area contributed by atoms with Crippen LogP contribution in [0.1, 0.15) is 37.2 Å². The standard InChI is InChI=1S/C25H25N9O5S2/c1-32-10-11-33-16(32)9-8-14(29-33)7-6-13-12-40-23-18(22(36)34(23)19(13)24(37)38)27-21(35)17(20-28-25(26)41-31-20)30-39-15-4-2-3-5-15/h6-11,15,18,23H,2-5,12H2,1H3,(H3-,26,27,28,31,35,37,38)/b7-6+,30-17-/t18-,23-/m1/s1. The van der Waals surface area contributed by atoms with Crippen molar-refractivity contribution in [2.75, 3.05) is 11.5 Å². The first-order chi connectivity index (χ1) is 19.8. The van der Waals surface area contributed by atoms with Crippen LogP contribution in [0.25, 0.3) is 11.7 Å². The number of imidazole rings is 1. The largest absolute Gasteiger partial charge is 0.543 e. The molecule has 5 heterocycles. The Morgan fingerprint density at radius 1 is 1.29 bits per heavy atom. The van der Waals surface area contributed by atoms with Gasteiger partial charge in [0.2, 0.25) is 11.5 Å². The van der Waals surface area contributed by atoms with Gasteiger partial charge in [-0.1, -0.05) is 16.3 Å². The zero-order chi connectivity index (χ0) is 28.7. The predicted octanol–water partition coefficient (Wildman–Crippen LogP) is -0.627. The van der Waals surface area contributed by atoms with E-state index in [4.69, 9.17) is 10.6 Å². The summed E-state index contributed by atoms with van der Waals surface area (Å²) in [7, 11) is 1.91. The van der Waals surface area contributed by atoms with E-state index in [1.165, 1.54) is 11.8 Å². The fraction of sp³-hybridized carbons (Fsp3) is 0.360. The van der Waals surface area contributed by atoms with E-state index in [9.17, 15) is 19.5 Å². The van der Waals surface area contributed by atoms with Crippen LogP contribution >= 0.6 is 23.3 Å². The Hall–Kier alpha value is -4.31. The number of aryl methyl sites for hydroxylation is 1. The molecular formula is C25H25N9O5S2. The highest BCUT2D eigenvalue weighted by atomic mass is 32.2. The van der Waals surface area contributed by atoms with Crippen LogP contribution in [0.2, 0.25) is 0 Å². The zero-order valence-corrected chi connectivity index (χ0v) is 23.4. The van der Waals surface area contributed by atoms with E-state index in [2.05, 4.69) is 24.9 Å². The van der Waals surface area contributed by atoms with Crippen LogP contribution in [0.3, 0.4) is 0 Å². The number of hydrogen-bond acceptors (Lipinski definition) is 12. The van der Waals surface area contributed by atoms with Gasteiger partial charge in [-0.15, -0.1) is 16.3 Å². The minimum Gasteiger partial charge on any atom is -0.543 e. The Morgan fingerprint density at radius 2 is 2.10 bits per heavy atom. The lowest BCUT2D eigenvalue weighted by Gasteiger charge is -2.50. The highest BCUT2D eigenvalue weighted by Crippen LogP contribution is 2.40. The summed E-state index contributed by atoms with van der Waals surface area (Å²) in [5.74, 6) is -2.52. The van der Waals surface area contributed by atoms with Gasteiger partial charge < -0.3 is 25.8 Å². The molecule has 3 aromatic rings. The lowest BCUT2D eigenvalue weighted by Crippen LogP contribution is -2.71. The normalized spacial score (nSPS) is 21.4. The van der Waals surface area contributed by atoms with Gasteiger partial charge in [0, 0.05) is 23.4 Å². The second kappa shape index (κ2) is 10.9. The van der Waals surface area contributed by atoms with Crippen LogP contribution < -0.4 is 20.7 Å². The summed E-state index contributed by atoms with van der Waals surface area (Å²) in [5, 5.41) is 22.8. The van der Waals surface area contributed by atoms with E-state index < -0.39 is 29.2 Å². The maximum atomic E-state index is 13.2. The molecule has 41 heavy (non-hydrogen) atoms. The summed E-state index contributed by atoms with van der Waals surface area (Å²) in [6.45, 7) is 0. The number of anilines is 1. The van der Waals surface area contributed by atoms with E-state index >= 15 is 0 Å². The van der Waals surface area contributed by atoms with Gasteiger partial charge in [0.25, 0.3) is 11.8 Å². The Morgan fingerprint density at radius 3 is 2.83 bits per heavy atom. The predicted molar refractivity (Wildman–Crippen MR) is 147 cm³/mol. The molecule has 2 fully saturated rings. The molecule has 0 unspecified atom stereocenters. The smallest absolute Gasteiger partial charge is 0.306 e. The van der Waals surface area contributed by atoms with Crippen LogP contribution in [-0.4, -0.2) is 70.6 Å². The number of amides is 2. The molecule has 0 bridgehead atoms. The number of aromatic nitrogens is 5. The zero-order valence-electron chi connectivity index (χ0n) is 21.8. The van der Waals surface area contributed by atoms with Gasteiger partial charge in [-0.3, -0.25) is 14.5 Å². The summed E-state index contributed by atoms with van der Waals surface area (Å²) in [6.07, 6.45) is 10.5. The molecule has 0 spiro atoms.